The standard InChI is InChI=1S/C11H10F3NO/c12-11(13,14)7-3-4-9-8(6-7)10(16)2-1-5-15-9/h3-4,6,15H,1-2,5H2. The lowest BCUT2D eigenvalue weighted by Crippen LogP contribution is -2.08. The van der Waals surface area contributed by atoms with Crippen LogP contribution in [0, 0.1) is 0 Å². The Balaban J connectivity index is 2.47. The average molecular weight is 229 g/mol. The molecule has 0 saturated heterocycles. The Labute approximate surface area is 90.5 Å². The third-order valence-corrected chi connectivity index (χ3v) is 2.54. The maximum absolute atomic E-state index is 12.5. The normalized spacial score (nSPS) is 16.3. The summed E-state index contributed by atoms with van der Waals surface area (Å²) < 4.78 is 37.4. The van der Waals surface area contributed by atoms with Crippen LogP contribution in [0.1, 0.15) is 28.8 Å². The number of alkyl halides is 3. The predicted octanol–water partition coefficient (Wildman–Crippen LogP) is 3.09. The Kier molecular flexibility index (Phi) is 2.61. The summed E-state index contributed by atoms with van der Waals surface area (Å²) in [5.41, 5.74) is -0.133. The number of hydrogen-bond donors (Lipinski definition) is 1. The molecule has 2 rings (SSSR count). The van der Waals surface area contributed by atoms with E-state index in [2.05, 4.69) is 5.32 Å². The molecule has 1 aliphatic heterocycles. The number of Topliss-reactive ketones (excluding diaryl/α,β-unsaturated/α-hetero) is 1. The zero-order valence-electron chi connectivity index (χ0n) is 8.40. The number of halogens is 3. The fourth-order valence-corrected chi connectivity index (χ4v) is 1.71. The second-order valence-electron chi connectivity index (χ2n) is 3.71. The van der Waals surface area contributed by atoms with E-state index in [1.54, 1.807) is 0 Å². The lowest BCUT2D eigenvalue weighted by Gasteiger charge is -2.11. The van der Waals surface area contributed by atoms with Crippen molar-refractivity contribution < 1.29 is 18.0 Å². The van der Waals surface area contributed by atoms with E-state index in [9.17, 15) is 18.0 Å². The molecule has 1 aliphatic rings. The van der Waals surface area contributed by atoms with Crippen LogP contribution in [-0.2, 0) is 6.18 Å². The van der Waals surface area contributed by atoms with Crippen molar-refractivity contribution in [3.05, 3.63) is 29.3 Å². The Hall–Kier alpha value is -1.52. The van der Waals surface area contributed by atoms with Gasteiger partial charge in [0.1, 0.15) is 0 Å². The van der Waals surface area contributed by atoms with Crippen LogP contribution < -0.4 is 5.32 Å². The first-order chi connectivity index (χ1) is 7.48. The summed E-state index contributed by atoms with van der Waals surface area (Å²) in [4.78, 5) is 11.6. The quantitative estimate of drug-likeness (QED) is 0.740. The Morgan fingerprint density at radius 1 is 1.25 bits per heavy atom. The molecular weight excluding hydrogens is 219 g/mol. The van der Waals surface area contributed by atoms with Gasteiger partial charge in [0.05, 0.1) is 5.56 Å². The molecule has 0 aromatic heterocycles. The predicted molar refractivity (Wildman–Crippen MR) is 53.5 cm³/mol. The maximum atomic E-state index is 12.5. The Morgan fingerprint density at radius 3 is 2.69 bits per heavy atom. The molecule has 1 aromatic carbocycles. The van der Waals surface area contributed by atoms with Gasteiger partial charge >= 0.3 is 6.18 Å². The number of fused-ring (bicyclic) bond motifs is 1. The zero-order chi connectivity index (χ0) is 11.8. The molecule has 0 radical (unpaired) electrons. The largest absolute Gasteiger partial charge is 0.416 e. The minimum atomic E-state index is -4.40. The van der Waals surface area contributed by atoms with E-state index >= 15 is 0 Å². The number of ketones is 1. The summed E-state index contributed by atoms with van der Waals surface area (Å²) in [6, 6.07) is 3.24. The Bertz CT molecular complexity index is 426. The second kappa shape index (κ2) is 3.81. The lowest BCUT2D eigenvalue weighted by molar-refractivity contribution is -0.137. The van der Waals surface area contributed by atoms with Crippen LogP contribution >= 0.6 is 0 Å². The van der Waals surface area contributed by atoms with Crippen molar-refractivity contribution in [1.29, 1.82) is 0 Å². The van der Waals surface area contributed by atoms with Crippen LogP contribution in [0.25, 0.3) is 0 Å². The SMILES string of the molecule is O=C1CCCNc2ccc(C(F)(F)F)cc21. The fraction of sp³-hybridized carbons (Fsp3) is 0.364. The molecule has 2 nitrogen and oxygen atoms in total. The lowest BCUT2D eigenvalue weighted by atomic mass is 10.0. The van der Waals surface area contributed by atoms with Crippen LogP contribution in [-0.4, -0.2) is 12.3 Å². The number of carbonyl (C=O) groups is 1. The molecule has 0 amide bonds. The number of nitrogens with one attached hydrogen (secondary N) is 1. The average Bonchev–Trinajstić information content (AvgIpc) is 2.39. The minimum absolute atomic E-state index is 0.146. The topological polar surface area (TPSA) is 29.1 Å². The third-order valence-electron chi connectivity index (χ3n) is 2.54. The van der Waals surface area contributed by atoms with Crippen molar-refractivity contribution in [2.24, 2.45) is 0 Å². The molecule has 0 atom stereocenters. The first-order valence-corrected chi connectivity index (χ1v) is 4.97. The number of benzene rings is 1. The maximum Gasteiger partial charge on any atom is 0.416 e. The first-order valence-electron chi connectivity index (χ1n) is 4.97. The van der Waals surface area contributed by atoms with E-state index in [-0.39, 0.29) is 11.3 Å². The summed E-state index contributed by atoms with van der Waals surface area (Å²) in [5.74, 6) is -0.230. The van der Waals surface area contributed by atoms with Gasteiger partial charge in [0.15, 0.2) is 5.78 Å². The summed E-state index contributed by atoms with van der Waals surface area (Å²) >= 11 is 0. The number of rotatable bonds is 0. The van der Waals surface area contributed by atoms with Crippen LogP contribution in [0.15, 0.2) is 18.2 Å². The number of carbonyl (C=O) groups excluding carboxylic acids is 1. The van der Waals surface area contributed by atoms with E-state index in [1.165, 1.54) is 6.07 Å². The number of hydrogen-bond acceptors (Lipinski definition) is 2. The van der Waals surface area contributed by atoms with Crippen LogP contribution in [0.2, 0.25) is 0 Å². The van der Waals surface area contributed by atoms with Crippen LogP contribution in [0.4, 0.5) is 18.9 Å². The summed E-state index contributed by atoms with van der Waals surface area (Å²) in [6.07, 6.45) is -3.46. The van der Waals surface area contributed by atoms with E-state index in [4.69, 9.17) is 0 Å². The van der Waals surface area contributed by atoms with Gasteiger partial charge in [-0.2, -0.15) is 13.2 Å². The summed E-state index contributed by atoms with van der Waals surface area (Å²) in [7, 11) is 0. The van der Waals surface area contributed by atoms with E-state index in [0.717, 1.165) is 12.1 Å². The molecule has 1 N–H and O–H groups in total. The van der Waals surface area contributed by atoms with Crippen molar-refractivity contribution in [2.45, 2.75) is 19.0 Å². The van der Waals surface area contributed by atoms with Crippen molar-refractivity contribution in [2.75, 3.05) is 11.9 Å². The molecule has 1 aromatic rings. The van der Waals surface area contributed by atoms with E-state index in [1.807, 2.05) is 0 Å². The highest BCUT2D eigenvalue weighted by Gasteiger charge is 2.31. The van der Waals surface area contributed by atoms with Crippen LogP contribution in [0.3, 0.4) is 0 Å². The molecule has 0 unspecified atom stereocenters. The molecule has 5 heteroatoms. The summed E-state index contributed by atoms with van der Waals surface area (Å²) in [6.45, 7) is 0.615. The molecule has 16 heavy (non-hydrogen) atoms. The van der Waals surface area contributed by atoms with Gasteiger partial charge < -0.3 is 5.32 Å². The van der Waals surface area contributed by atoms with Gasteiger partial charge in [-0.1, -0.05) is 0 Å². The fourth-order valence-electron chi connectivity index (χ4n) is 1.71. The zero-order valence-corrected chi connectivity index (χ0v) is 8.40. The highest BCUT2D eigenvalue weighted by Crippen LogP contribution is 2.33. The molecule has 0 bridgehead atoms. The summed E-state index contributed by atoms with van der Waals surface area (Å²) in [5, 5.41) is 2.95. The highest BCUT2D eigenvalue weighted by molar-refractivity contribution is 6.01. The van der Waals surface area contributed by atoms with Crippen molar-refractivity contribution in [3.63, 3.8) is 0 Å². The minimum Gasteiger partial charge on any atom is -0.384 e. The third kappa shape index (κ3) is 2.03. The smallest absolute Gasteiger partial charge is 0.384 e. The van der Waals surface area contributed by atoms with Gasteiger partial charge in [-0.05, 0) is 24.6 Å². The molecule has 0 spiro atoms. The van der Waals surface area contributed by atoms with Gasteiger partial charge in [-0.15, -0.1) is 0 Å². The first kappa shape index (κ1) is 11.0. The Morgan fingerprint density at radius 2 is 2.00 bits per heavy atom. The number of anilines is 1. The second-order valence-corrected chi connectivity index (χ2v) is 3.71. The van der Waals surface area contributed by atoms with Crippen molar-refractivity contribution in [1.82, 2.24) is 0 Å². The van der Waals surface area contributed by atoms with E-state index < -0.39 is 11.7 Å². The highest BCUT2D eigenvalue weighted by atomic mass is 19.4. The van der Waals surface area contributed by atoms with Crippen LogP contribution in [0.5, 0.6) is 0 Å². The van der Waals surface area contributed by atoms with Gasteiger partial charge in [0, 0.05) is 24.2 Å². The van der Waals surface area contributed by atoms with E-state index in [0.29, 0.717) is 25.1 Å². The van der Waals surface area contributed by atoms with Crippen molar-refractivity contribution >= 4 is 11.5 Å². The van der Waals surface area contributed by atoms with Gasteiger partial charge in [-0.25, -0.2) is 0 Å². The molecule has 1 heterocycles. The van der Waals surface area contributed by atoms with Gasteiger partial charge in [0.2, 0.25) is 0 Å². The van der Waals surface area contributed by atoms with Gasteiger partial charge in [0.25, 0.3) is 0 Å². The molecule has 86 valence electrons. The molecule has 0 fully saturated rings. The van der Waals surface area contributed by atoms with Crippen molar-refractivity contribution in [3.8, 4) is 0 Å². The monoisotopic (exact) mass is 229 g/mol. The molecule has 0 aliphatic carbocycles. The molecular formula is C11H10F3NO. The van der Waals surface area contributed by atoms with Gasteiger partial charge in [-0.3, -0.25) is 4.79 Å². The molecule has 0 saturated carbocycles.